The van der Waals surface area contributed by atoms with Crippen molar-refractivity contribution < 1.29 is 13.2 Å². The minimum atomic E-state index is -2.97. The summed E-state index contributed by atoms with van der Waals surface area (Å²) in [5, 5.41) is 0. The summed E-state index contributed by atoms with van der Waals surface area (Å²) in [7, 11) is -2.97. The molecule has 6 heteroatoms. The third-order valence-electron chi connectivity index (χ3n) is 3.55. The maximum atomic E-state index is 12.5. The van der Waals surface area contributed by atoms with Crippen LogP contribution in [0.2, 0.25) is 0 Å². The number of carbonyl (C=O) groups excluding carboxylic acids is 1. The summed E-state index contributed by atoms with van der Waals surface area (Å²) in [6.45, 7) is 4.25. The van der Waals surface area contributed by atoms with Crippen LogP contribution in [0.15, 0.2) is 24.5 Å². The van der Waals surface area contributed by atoms with E-state index in [1.165, 1.54) is 0 Å². The smallest absolute Gasteiger partial charge is 0.232 e. The van der Waals surface area contributed by atoms with Crippen LogP contribution in [0.5, 0.6) is 0 Å². The number of sulfone groups is 1. The monoisotopic (exact) mass is 282 g/mol. The molecular formula is C13H18N2O3S. The fourth-order valence-corrected chi connectivity index (χ4v) is 3.37. The van der Waals surface area contributed by atoms with Crippen molar-refractivity contribution in [2.24, 2.45) is 0 Å². The molecule has 19 heavy (non-hydrogen) atoms. The highest BCUT2D eigenvalue weighted by molar-refractivity contribution is 7.91. The van der Waals surface area contributed by atoms with Crippen molar-refractivity contribution in [2.75, 3.05) is 24.6 Å². The van der Waals surface area contributed by atoms with Gasteiger partial charge >= 0.3 is 0 Å². The molecule has 1 aromatic heterocycles. The van der Waals surface area contributed by atoms with Crippen LogP contribution in [-0.2, 0) is 20.0 Å². The van der Waals surface area contributed by atoms with Gasteiger partial charge in [0, 0.05) is 25.5 Å². The Morgan fingerprint density at radius 2 is 1.95 bits per heavy atom. The lowest BCUT2D eigenvalue weighted by Crippen LogP contribution is -2.50. The van der Waals surface area contributed by atoms with E-state index >= 15 is 0 Å². The molecule has 0 saturated carbocycles. The Balaban J connectivity index is 2.16. The van der Waals surface area contributed by atoms with Gasteiger partial charge in [0.2, 0.25) is 5.91 Å². The maximum Gasteiger partial charge on any atom is 0.232 e. The Labute approximate surface area is 113 Å². The van der Waals surface area contributed by atoms with E-state index in [2.05, 4.69) is 4.98 Å². The number of amides is 1. The first-order valence-electron chi connectivity index (χ1n) is 6.23. The summed E-state index contributed by atoms with van der Waals surface area (Å²) in [6, 6.07) is 3.66. The second kappa shape index (κ2) is 4.92. The van der Waals surface area contributed by atoms with Gasteiger partial charge in [0.25, 0.3) is 0 Å². The third kappa shape index (κ3) is 2.94. The first-order chi connectivity index (χ1) is 8.83. The second-order valence-electron chi connectivity index (χ2n) is 5.31. The zero-order chi connectivity index (χ0) is 14.1. The van der Waals surface area contributed by atoms with E-state index in [0.29, 0.717) is 0 Å². The molecule has 0 unspecified atom stereocenters. The van der Waals surface area contributed by atoms with Crippen LogP contribution < -0.4 is 0 Å². The number of carbonyl (C=O) groups is 1. The van der Waals surface area contributed by atoms with Gasteiger partial charge in [0.05, 0.1) is 16.9 Å². The Bertz CT molecular complexity index is 553. The van der Waals surface area contributed by atoms with E-state index in [4.69, 9.17) is 0 Å². The highest BCUT2D eigenvalue weighted by Crippen LogP contribution is 2.25. The van der Waals surface area contributed by atoms with Crippen molar-refractivity contribution in [3.05, 3.63) is 30.1 Å². The number of pyridine rings is 1. The molecule has 1 fully saturated rings. The summed E-state index contributed by atoms with van der Waals surface area (Å²) in [4.78, 5) is 18.2. The van der Waals surface area contributed by atoms with Crippen LogP contribution in [0, 0.1) is 0 Å². The largest absolute Gasteiger partial charge is 0.340 e. The molecule has 1 amide bonds. The van der Waals surface area contributed by atoms with Crippen molar-refractivity contribution in [3.63, 3.8) is 0 Å². The minimum Gasteiger partial charge on any atom is -0.340 e. The lowest BCUT2D eigenvalue weighted by atomic mass is 9.84. The molecule has 1 aliphatic heterocycles. The number of nitrogens with zero attached hydrogens (tertiary/aromatic N) is 2. The SMILES string of the molecule is CC(C)(C(=O)N1CCS(=O)(=O)CC1)c1cccnc1. The summed E-state index contributed by atoms with van der Waals surface area (Å²) >= 11 is 0. The van der Waals surface area contributed by atoms with Gasteiger partial charge in [-0.15, -0.1) is 0 Å². The van der Waals surface area contributed by atoms with Gasteiger partial charge in [-0.25, -0.2) is 8.42 Å². The fraction of sp³-hybridized carbons (Fsp3) is 0.538. The van der Waals surface area contributed by atoms with Gasteiger partial charge in [0.1, 0.15) is 0 Å². The zero-order valence-corrected chi connectivity index (χ0v) is 12.0. The Kier molecular flexibility index (Phi) is 3.62. The first-order valence-corrected chi connectivity index (χ1v) is 8.05. The predicted molar refractivity (Wildman–Crippen MR) is 72.5 cm³/mol. The Morgan fingerprint density at radius 3 is 2.47 bits per heavy atom. The zero-order valence-electron chi connectivity index (χ0n) is 11.2. The van der Waals surface area contributed by atoms with E-state index < -0.39 is 15.3 Å². The number of hydrogen-bond acceptors (Lipinski definition) is 4. The molecule has 104 valence electrons. The van der Waals surface area contributed by atoms with E-state index in [-0.39, 0.29) is 30.5 Å². The van der Waals surface area contributed by atoms with Crippen LogP contribution in [0.1, 0.15) is 19.4 Å². The summed E-state index contributed by atoms with van der Waals surface area (Å²) in [6.07, 6.45) is 3.34. The lowest BCUT2D eigenvalue weighted by molar-refractivity contribution is -0.135. The quantitative estimate of drug-likeness (QED) is 0.797. The molecule has 0 atom stereocenters. The fourth-order valence-electron chi connectivity index (χ4n) is 2.17. The van der Waals surface area contributed by atoms with Crippen LogP contribution in [0.25, 0.3) is 0 Å². The molecular weight excluding hydrogens is 264 g/mol. The topological polar surface area (TPSA) is 67.3 Å². The van der Waals surface area contributed by atoms with Gasteiger partial charge in [-0.1, -0.05) is 6.07 Å². The number of rotatable bonds is 2. The minimum absolute atomic E-state index is 0.0459. The van der Waals surface area contributed by atoms with E-state index in [9.17, 15) is 13.2 Å². The first kappa shape index (κ1) is 14.0. The van der Waals surface area contributed by atoms with Crippen LogP contribution in [0.4, 0.5) is 0 Å². The highest BCUT2D eigenvalue weighted by Gasteiger charge is 2.36. The molecule has 0 aliphatic carbocycles. The van der Waals surface area contributed by atoms with Crippen molar-refractivity contribution in [3.8, 4) is 0 Å². The maximum absolute atomic E-state index is 12.5. The Morgan fingerprint density at radius 1 is 1.32 bits per heavy atom. The van der Waals surface area contributed by atoms with Crippen molar-refractivity contribution in [1.29, 1.82) is 0 Å². The van der Waals surface area contributed by atoms with Crippen molar-refractivity contribution >= 4 is 15.7 Å². The van der Waals surface area contributed by atoms with Gasteiger partial charge in [-0.2, -0.15) is 0 Å². The number of aromatic nitrogens is 1. The molecule has 1 aliphatic rings. The summed E-state index contributed by atoms with van der Waals surface area (Å²) in [5.41, 5.74) is 0.156. The third-order valence-corrected chi connectivity index (χ3v) is 5.16. The average Bonchev–Trinajstić information content (AvgIpc) is 2.39. The van der Waals surface area contributed by atoms with Crippen LogP contribution in [0.3, 0.4) is 0 Å². The molecule has 0 spiro atoms. The molecule has 1 saturated heterocycles. The molecule has 2 heterocycles. The lowest BCUT2D eigenvalue weighted by Gasteiger charge is -2.34. The molecule has 2 rings (SSSR count). The molecule has 0 bridgehead atoms. The predicted octanol–water partition coefficient (Wildman–Crippen LogP) is 0.616. The van der Waals surface area contributed by atoms with E-state index in [0.717, 1.165) is 5.56 Å². The molecule has 0 aromatic carbocycles. The van der Waals surface area contributed by atoms with Crippen molar-refractivity contribution in [2.45, 2.75) is 19.3 Å². The van der Waals surface area contributed by atoms with Gasteiger partial charge in [-0.3, -0.25) is 9.78 Å². The second-order valence-corrected chi connectivity index (χ2v) is 7.61. The Hall–Kier alpha value is -1.43. The summed E-state index contributed by atoms with van der Waals surface area (Å²) in [5.74, 6) is 0.0689. The molecule has 0 N–H and O–H groups in total. The number of hydrogen-bond donors (Lipinski definition) is 0. The van der Waals surface area contributed by atoms with Crippen molar-refractivity contribution in [1.82, 2.24) is 9.88 Å². The van der Waals surface area contributed by atoms with Gasteiger partial charge in [-0.05, 0) is 25.5 Å². The van der Waals surface area contributed by atoms with E-state index in [1.807, 2.05) is 19.9 Å². The van der Waals surface area contributed by atoms with Gasteiger partial charge in [0.15, 0.2) is 9.84 Å². The normalized spacial score (nSPS) is 19.2. The molecule has 5 nitrogen and oxygen atoms in total. The standard InChI is InChI=1S/C13H18N2O3S/c1-13(2,11-4-3-5-14-10-11)12(16)15-6-8-19(17,18)9-7-15/h3-5,10H,6-9H2,1-2H3. The molecule has 1 aromatic rings. The average molecular weight is 282 g/mol. The van der Waals surface area contributed by atoms with Crippen LogP contribution >= 0.6 is 0 Å². The summed E-state index contributed by atoms with van der Waals surface area (Å²) < 4.78 is 22.8. The van der Waals surface area contributed by atoms with Crippen LogP contribution in [-0.4, -0.2) is 48.8 Å². The highest BCUT2D eigenvalue weighted by atomic mass is 32.2. The van der Waals surface area contributed by atoms with Gasteiger partial charge < -0.3 is 4.90 Å². The van der Waals surface area contributed by atoms with E-state index in [1.54, 1.807) is 23.4 Å². The molecule has 0 radical (unpaired) electrons.